The Balaban J connectivity index is 1.81. The number of aromatic nitrogens is 1. The van der Waals surface area contributed by atoms with E-state index in [1.165, 1.54) is 5.56 Å². The number of morpholine rings is 1. The second kappa shape index (κ2) is 9.89. The maximum Gasteiger partial charge on any atom is 0.293 e. The molecule has 1 unspecified atom stereocenters. The zero-order valence-electron chi connectivity index (χ0n) is 18.1. The first-order valence-corrected chi connectivity index (χ1v) is 14.2. The number of ether oxygens (including phenoxy) is 3. The second-order valence-electron chi connectivity index (χ2n) is 9.02. The molecule has 2 heterocycles. The number of rotatable bonds is 10. The molecule has 0 spiro atoms. The lowest BCUT2D eigenvalue weighted by Gasteiger charge is -2.26. The molecule has 3 rings (SSSR count). The number of benzene rings is 1. The molecule has 7 heteroatoms. The molecular weight excluding hydrogens is 384 g/mol. The smallest absolute Gasteiger partial charge is 0.293 e. The third-order valence-electron chi connectivity index (χ3n) is 5.41. The molecule has 29 heavy (non-hydrogen) atoms. The Labute approximate surface area is 174 Å². The van der Waals surface area contributed by atoms with Crippen molar-refractivity contribution in [2.24, 2.45) is 0 Å². The standard InChI is InChI=1S/C22H34N2O4Si/c1-18(28-17-25)21-15-24(16-27-11-12-29(2,3)4)22-13-19(5-6-20(21)22)14-23-7-9-26-10-8-23/h5-6,13,15,17-18H,7-12,14,16H2,1-4H3. The summed E-state index contributed by atoms with van der Waals surface area (Å²) in [6, 6.07) is 7.70. The molecule has 0 N–H and O–H groups in total. The molecule has 1 fully saturated rings. The maximum absolute atomic E-state index is 10.8. The molecule has 2 aromatic rings. The normalized spacial score (nSPS) is 16.8. The second-order valence-corrected chi connectivity index (χ2v) is 14.6. The van der Waals surface area contributed by atoms with Crippen molar-refractivity contribution < 1.29 is 19.0 Å². The summed E-state index contributed by atoms with van der Waals surface area (Å²) in [5.41, 5.74) is 3.41. The summed E-state index contributed by atoms with van der Waals surface area (Å²) in [5, 5.41) is 1.11. The van der Waals surface area contributed by atoms with Gasteiger partial charge in [-0.1, -0.05) is 31.8 Å². The minimum Gasteiger partial charge on any atom is -0.460 e. The van der Waals surface area contributed by atoms with E-state index >= 15 is 0 Å². The molecule has 1 atom stereocenters. The van der Waals surface area contributed by atoms with Crippen LogP contribution in [0.2, 0.25) is 25.7 Å². The van der Waals surface area contributed by atoms with Gasteiger partial charge < -0.3 is 18.8 Å². The molecule has 1 aromatic carbocycles. The fraction of sp³-hybridized carbons (Fsp3) is 0.591. The van der Waals surface area contributed by atoms with E-state index in [4.69, 9.17) is 14.2 Å². The van der Waals surface area contributed by atoms with E-state index in [-0.39, 0.29) is 6.10 Å². The van der Waals surface area contributed by atoms with Crippen LogP contribution in [0.25, 0.3) is 10.9 Å². The number of carbonyl (C=O) groups is 1. The van der Waals surface area contributed by atoms with E-state index in [1.54, 1.807) is 0 Å². The van der Waals surface area contributed by atoms with Gasteiger partial charge in [0.1, 0.15) is 12.8 Å². The largest absolute Gasteiger partial charge is 0.460 e. The van der Waals surface area contributed by atoms with Crippen LogP contribution >= 0.6 is 0 Å². The van der Waals surface area contributed by atoms with Crippen LogP contribution in [0, 0.1) is 0 Å². The molecule has 1 aliphatic heterocycles. The Hall–Kier alpha value is -1.67. The van der Waals surface area contributed by atoms with Crippen LogP contribution in [0.1, 0.15) is 24.2 Å². The number of carbonyl (C=O) groups excluding carboxylic acids is 1. The maximum atomic E-state index is 10.8. The van der Waals surface area contributed by atoms with Gasteiger partial charge in [-0.05, 0) is 24.6 Å². The van der Waals surface area contributed by atoms with Crippen LogP contribution in [0.3, 0.4) is 0 Å². The Bertz CT molecular complexity index is 809. The Kier molecular flexibility index (Phi) is 7.51. The summed E-state index contributed by atoms with van der Waals surface area (Å²) in [7, 11) is -1.12. The highest BCUT2D eigenvalue weighted by atomic mass is 28.3. The van der Waals surface area contributed by atoms with Gasteiger partial charge in [0.25, 0.3) is 6.47 Å². The van der Waals surface area contributed by atoms with Crippen LogP contribution in [-0.4, -0.2) is 56.9 Å². The minimum absolute atomic E-state index is 0.289. The highest BCUT2D eigenvalue weighted by Gasteiger charge is 2.18. The summed E-state index contributed by atoms with van der Waals surface area (Å²) in [6.45, 7) is 15.2. The summed E-state index contributed by atoms with van der Waals surface area (Å²) in [6.07, 6.45) is 1.77. The van der Waals surface area contributed by atoms with Crippen LogP contribution < -0.4 is 0 Å². The lowest BCUT2D eigenvalue weighted by atomic mass is 10.1. The van der Waals surface area contributed by atoms with E-state index in [0.717, 1.165) is 62.0 Å². The van der Waals surface area contributed by atoms with E-state index in [9.17, 15) is 4.79 Å². The monoisotopic (exact) mass is 418 g/mol. The van der Waals surface area contributed by atoms with Crippen molar-refractivity contribution in [2.75, 3.05) is 32.9 Å². The van der Waals surface area contributed by atoms with E-state index < -0.39 is 8.07 Å². The van der Waals surface area contributed by atoms with Crippen molar-refractivity contribution in [3.63, 3.8) is 0 Å². The number of nitrogens with zero attached hydrogens (tertiary/aromatic N) is 2. The first-order chi connectivity index (χ1) is 13.9. The quantitative estimate of drug-likeness (QED) is 0.331. The van der Waals surface area contributed by atoms with Gasteiger partial charge in [0.15, 0.2) is 0 Å². The number of hydrogen-bond donors (Lipinski definition) is 0. The first kappa shape index (κ1) is 22.0. The molecule has 0 saturated carbocycles. The summed E-state index contributed by atoms with van der Waals surface area (Å²) in [4.78, 5) is 13.3. The fourth-order valence-electron chi connectivity index (χ4n) is 3.61. The molecule has 0 bridgehead atoms. The van der Waals surface area contributed by atoms with Crippen LogP contribution in [0.4, 0.5) is 0 Å². The zero-order valence-corrected chi connectivity index (χ0v) is 19.1. The molecule has 6 nitrogen and oxygen atoms in total. The average molecular weight is 419 g/mol. The molecule has 0 amide bonds. The Morgan fingerprint density at radius 2 is 2.00 bits per heavy atom. The molecule has 0 aliphatic carbocycles. The predicted molar refractivity (Wildman–Crippen MR) is 118 cm³/mol. The molecule has 1 aromatic heterocycles. The highest BCUT2D eigenvalue weighted by molar-refractivity contribution is 6.76. The third-order valence-corrected chi connectivity index (χ3v) is 7.12. The number of fused-ring (bicyclic) bond motifs is 1. The average Bonchev–Trinajstić information content (AvgIpc) is 3.04. The van der Waals surface area contributed by atoms with Gasteiger partial charge in [0, 0.05) is 51.5 Å². The van der Waals surface area contributed by atoms with Crippen molar-refractivity contribution in [3.8, 4) is 0 Å². The number of hydrogen-bond acceptors (Lipinski definition) is 5. The van der Waals surface area contributed by atoms with Crippen LogP contribution in [0.15, 0.2) is 24.4 Å². The lowest BCUT2D eigenvalue weighted by molar-refractivity contribution is -0.133. The van der Waals surface area contributed by atoms with E-state index in [0.29, 0.717) is 13.2 Å². The van der Waals surface area contributed by atoms with Gasteiger partial charge in [0.2, 0.25) is 0 Å². The van der Waals surface area contributed by atoms with Crippen molar-refractivity contribution in [1.82, 2.24) is 9.47 Å². The summed E-state index contributed by atoms with van der Waals surface area (Å²) < 4.78 is 18.8. The molecule has 0 radical (unpaired) electrons. The summed E-state index contributed by atoms with van der Waals surface area (Å²) >= 11 is 0. The molecule has 1 aliphatic rings. The van der Waals surface area contributed by atoms with Gasteiger partial charge in [-0.25, -0.2) is 0 Å². The summed E-state index contributed by atoms with van der Waals surface area (Å²) in [5.74, 6) is 0. The molecular formula is C22H34N2O4Si. The molecule has 1 saturated heterocycles. The SMILES string of the molecule is CC(OC=O)c1cn(COCC[Si](C)(C)C)c2cc(CN3CCOCC3)ccc12. The van der Waals surface area contributed by atoms with Gasteiger partial charge in [-0.3, -0.25) is 9.69 Å². The van der Waals surface area contributed by atoms with Crippen LogP contribution in [-0.2, 0) is 32.3 Å². The zero-order chi connectivity index (χ0) is 20.9. The van der Waals surface area contributed by atoms with Gasteiger partial charge in [-0.15, -0.1) is 0 Å². The van der Waals surface area contributed by atoms with Crippen molar-refractivity contribution in [1.29, 1.82) is 0 Å². The highest BCUT2D eigenvalue weighted by Crippen LogP contribution is 2.29. The Morgan fingerprint density at radius 3 is 2.69 bits per heavy atom. The topological polar surface area (TPSA) is 52.9 Å². The predicted octanol–water partition coefficient (Wildman–Crippen LogP) is 4.02. The first-order valence-electron chi connectivity index (χ1n) is 10.5. The Morgan fingerprint density at radius 1 is 1.24 bits per heavy atom. The third kappa shape index (κ3) is 6.15. The minimum atomic E-state index is -1.12. The molecule has 160 valence electrons. The fourth-order valence-corrected chi connectivity index (χ4v) is 4.37. The van der Waals surface area contributed by atoms with Crippen molar-refractivity contribution in [2.45, 2.75) is 52.0 Å². The van der Waals surface area contributed by atoms with Gasteiger partial charge in [-0.2, -0.15) is 0 Å². The van der Waals surface area contributed by atoms with Crippen LogP contribution in [0.5, 0.6) is 0 Å². The van der Waals surface area contributed by atoms with Crippen molar-refractivity contribution in [3.05, 3.63) is 35.5 Å². The van der Waals surface area contributed by atoms with E-state index in [1.807, 2.05) is 6.92 Å². The van der Waals surface area contributed by atoms with Gasteiger partial charge >= 0.3 is 0 Å². The van der Waals surface area contributed by atoms with Crippen molar-refractivity contribution >= 4 is 25.4 Å². The van der Waals surface area contributed by atoms with E-state index in [2.05, 4.69) is 53.5 Å². The lowest BCUT2D eigenvalue weighted by Crippen LogP contribution is -2.35. The van der Waals surface area contributed by atoms with Gasteiger partial charge in [0.05, 0.1) is 18.7 Å².